The molecule has 89 heavy (non-hydrogen) atoms. The van der Waals surface area contributed by atoms with Gasteiger partial charge in [-0.05, 0) is 78.9 Å². The van der Waals surface area contributed by atoms with Crippen LogP contribution < -0.4 is 31.3 Å². The monoisotopic (exact) mass is 1240 g/mol. The van der Waals surface area contributed by atoms with Crippen molar-refractivity contribution in [2.45, 2.75) is 145 Å². The summed E-state index contributed by atoms with van der Waals surface area (Å²) in [4.78, 5) is 104. The summed E-state index contributed by atoms with van der Waals surface area (Å²) in [6.45, 7) is 5.52. The number of unbranched alkanes of at least 4 members (excludes halogenated alkanes) is 2. The first-order valence-corrected chi connectivity index (χ1v) is 29.8. The van der Waals surface area contributed by atoms with Crippen LogP contribution in [0.5, 0.6) is 11.5 Å². The molecule has 0 radical (unpaired) electrons. The summed E-state index contributed by atoms with van der Waals surface area (Å²) in [5.41, 5.74) is 1.91. The summed E-state index contributed by atoms with van der Waals surface area (Å²) in [5, 5.41) is 102. The van der Waals surface area contributed by atoms with Gasteiger partial charge in [-0.25, -0.2) is 4.39 Å². The Labute approximate surface area is 515 Å². The molecule has 7 amide bonds. The Morgan fingerprint density at radius 1 is 0.697 bits per heavy atom. The Morgan fingerprint density at radius 2 is 1.28 bits per heavy atom. The third-order valence-corrected chi connectivity index (χ3v) is 16.1. The molecular formula is C63H84FN8O17+. The Hall–Kier alpha value is -7.66. The number of amides is 7. The lowest BCUT2D eigenvalue weighted by Crippen LogP contribution is -2.64. The van der Waals surface area contributed by atoms with Crippen molar-refractivity contribution in [2.24, 2.45) is 5.92 Å². The van der Waals surface area contributed by atoms with E-state index in [9.17, 15) is 74.4 Å². The molecule has 0 spiro atoms. The summed E-state index contributed by atoms with van der Waals surface area (Å²) in [5.74, 6) is -9.66. The lowest BCUT2D eigenvalue weighted by Gasteiger charge is -2.34. The van der Waals surface area contributed by atoms with Crippen LogP contribution in [-0.4, -0.2) is 230 Å². The number of quaternary nitrogens is 1. The van der Waals surface area contributed by atoms with Crippen LogP contribution in [0.3, 0.4) is 0 Å². The number of fused-ring (bicyclic) bond motifs is 2. The molecule has 7 rings (SSSR count). The van der Waals surface area contributed by atoms with Gasteiger partial charge in [0.2, 0.25) is 35.4 Å². The van der Waals surface area contributed by atoms with Gasteiger partial charge in [0, 0.05) is 43.0 Å². The average molecular weight is 1240 g/mol. The van der Waals surface area contributed by atoms with E-state index in [1.54, 1.807) is 12.1 Å². The van der Waals surface area contributed by atoms with E-state index < -0.39 is 158 Å². The SMILES string of the molecule is CCCCCOc1ccc(-c2ccc(-c3ccc(C(=O)N[C@H]4C[C@@H](O)[C@@H](OCC[N+](C)(C)C)NC(=O)[C@@H]5[C@@H](O)[C@@H](C)CN5C(=O)[C@H]([C@@H](C)O)NC(=O)[C@H]([C@H](O)[C@@H](O)c5ccc(O)cc5)NC(=O)[C@@H]5C[C@@H](O)CN5C(=O)[C@H]([C@@H](C)O)NC4=O)cc3F)cc2)cc1. The number of hydrogen-bond donors (Lipinski definition) is 13. The van der Waals surface area contributed by atoms with Gasteiger partial charge < -0.3 is 91.2 Å². The van der Waals surface area contributed by atoms with E-state index in [4.69, 9.17) is 9.47 Å². The number of halogens is 1. The Kier molecular flexibility index (Phi) is 23.4. The van der Waals surface area contributed by atoms with E-state index >= 15 is 4.39 Å². The topological polar surface area (TPSA) is 366 Å². The first-order chi connectivity index (χ1) is 42.1. The molecule has 26 heteroatoms. The van der Waals surface area contributed by atoms with Gasteiger partial charge >= 0.3 is 0 Å². The number of aliphatic hydroxyl groups is 7. The van der Waals surface area contributed by atoms with Gasteiger partial charge in [0.15, 0.2) is 6.23 Å². The molecule has 3 aliphatic rings. The van der Waals surface area contributed by atoms with Crippen molar-refractivity contribution in [3.8, 4) is 33.8 Å². The standard InChI is InChI=1S/C63H83FN8O17/c1-8-9-10-26-88-43-22-17-37(18-23-43)36-11-13-38(14-12-36)44-24-19-40(28-45(44)64)56(81)65-46-30-48(77)61(89-27-25-72(5,6)7)69-60(85)52-53(78)33(2)31-71(52)63(87)50(35(4)74)67-59(84)51(55(80)54(79)39-15-20-41(75)21-16-39)68-58(83)47-29-42(76)32-70(47)62(86)49(34(3)73)66-57(46)82/h11-24,28,33-35,42,46-55,61,73-74,76-80H,8-10,25-27,29-32H2,1-7H3,(H5-,65,66,67,68,69,75,81,82,83,84,85)/p+1/t33-,34+,35+,42+,46-,47-,48+,49-,50-,51-,52-,53-,54-,55-,61+/m0/s1. The van der Waals surface area contributed by atoms with Gasteiger partial charge in [-0.3, -0.25) is 33.6 Å². The van der Waals surface area contributed by atoms with Crippen LogP contribution in [0.25, 0.3) is 22.3 Å². The fourth-order valence-corrected chi connectivity index (χ4v) is 10.9. The number of carbonyl (C=O) groups is 7. The smallest absolute Gasteiger partial charge is 0.252 e. The Bertz CT molecular complexity index is 3110. The minimum atomic E-state index is -2.31. The summed E-state index contributed by atoms with van der Waals surface area (Å²) in [7, 11) is 5.45. The van der Waals surface area contributed by atoms with Crippen molar-refractivity contribution in [1.82, 2.24) is 36.4 Å². The van der Waals surface area contributed by atoms with Gasteiger partial charge in [0.25, 0.3) is 5.91 Å². The molecule has 0 aliphatic carbocycles. The largest absolute Gasteiger partial charge is 0.508 e. The number of ether oxygens (including phenoxy) is 2. The summed E-state index contributed by atoms with van der Waals surface area (Å²) in [6, 6.07) is 11.1. The number of rotatable bonds is 18. The van der Waals surface area contributed by atoms with Crippen molar-refractivity contribution in [1.29, 1.82) is 0 Å². The van der Waals surface area contributed by atoms with E-state index in [-0.39, 0.29) is 42.1 Å². The van der Waals surface area contributed by atoms with Crippen molar-refractivity contribution < 1.29 is 92.8 Å². The molecular weight excluding hydrogens is 1160 g/mol. The molecule has 484 valence electrons. The first kappa shape index (κ1) is 68.8. The van der Waals surface area contributed by atoms with E-state index in [1.807, 2.05) is 57.5 Å². The molecule has 3 saturated heterocycles. The predicted octanol–water partition coefficient (Wildman–Crippen LogP) is -0.0575. The minimum Gasteiger partial charge on any atom is -0.508 e. The minimum absolute atomic E-state index is 0.0794. The van der Waals surface area contributed by atoms with Crippen LogP contribution in [0.1, 0.15) is 81.8 Å². The molecule has 3 heterocycles. The number of carbonyl (C=O) groups excluding carboxylic acids is 7. The highest BCUT2D eigenvalue weighted by Gasteiger charge is 2.50. The van der Waals surface area contributed by atoms with Crippen LogP contribution in [0, 0.1) is 11.7 Å². The predicted molar refractivity (Wildman–Crippen MR) is 320 cm³/mol. The molecule has 3 fully saturated rings. The van der Waals surface area contributed by atoms with E-state index in [0.717, 1.165) is 78.0 Å². The molecule has 4 aromatic carbocycles. The lowest BCUT2D eigenvalue weighted by atomic mass is 9.96. The van der Waals surface area contributed by atoms with Crippen molar-refractivity contribution in [3.63, 3.8) is 0 Å². The molecule has 0 saturated carbocycles. The number of phenolic OH excluding ortho intramolecular Hbond substituents is 1. The van der Waals surface area contributed by atoms with Gasteiger partial charge in [-0.2, -0.15) is 0 Å². The van der Waals surface area contributed by atoms with Crippen LogP contribution >= 0.6 is 0 Å². The van der Waals surface area contributed by atoms with Crippen molar-refractivity contribution in [3.05, 3.63) is 108 Å². The van der Waals surface area contributed by atoms with Gasteiger partial charge in [0.05, 0.1) is 58.8 Å². The maximum Gasteiger partial charge on any atom is 0.252 e. The highest BCUT2D eigenvalue weighted by molar-refractivity contribution is 6.00. The zero-order valence-corrected chi connectivity index (χ0v) is 50.9. The number of benzene rings is 4. The maximum atomic E-state index is 16.3. The van der Waals surface area contributed by atoms with Crippen LogP contribution in [0.4, 0.5) is 4.39 Å². The number of aliphatic hydroxyl groups excluding tert-OH is 7. The zero-order valence-electron chi connectivity index (χ0n) is 50.9. The van der Waals surface area contributed by atoms with Gasteiger partial charge in [-0.15, -0.1) is 0 Å². The fraction of sp³-hybridized carbons (Fsp3) is 0.508. The van der Waals surface area contributed by atoms with Crippen molar-refractivity contribution >= 4 is 41.4 Å². The lowest BCUT2D eigenvalue weighted by molar-refractivity contribution is -0.870. The molecule has 3 aliphatic heterocycles. The number of nitrogens with zero attached hydrogens (tertiary/aromatic N) is 3. The first-order valence-electron chi connectivity index (χ1n) is 29.8. The average Bonchev–Trinajstić information content (AvgIpc) is 1.85. The van der Waals surface area contributed by atoms with E-state index in [2.05, 4.69) is 33.5 Å². The van der Waals surface area contributed by atoms with Crippen molar-refractivity contribution in [2.75, 3.05) is 54.0 Å². The number of hydrogen-bond acceptors (Lipinski definition) is 17. The Morgan fingerprint density at radius 3 is 1.88 bits per heavy atom. The van der Waals surface area contributed by atoms with E-state index in [0.29, 0.717) is 16.7 Å². The quantitative estimate of drug-likeness (QED) is 0.0459. The molecule has 0 bridgehead atoms. The number of phenols is 1. The molecule has 25 nitrogen and oxygen atoms in total. The zero-order chi connectivity index (χ0) is 65.2. The fourth-order valence-electron chi connectivity index (χ4n) is 10.9. The normalized spacial score (nSPS) is 26.5. The highest BCUT2D eigenvalue weighted by Crippen LogP contribution is 2.31. The van der Waals surface area contributed by atoms with Crippen LogP contribution in [0.2, 0.25) is 0 Å². The number of aromatic hydroxyl groups is 1. The Balaban J connectivity index is 1.24. The highest BCUT2D eigenvalue weighted by atomic mass is 19.1. The molecule has 13 N–H and O–H groups in total. The maximum absolute atomic E-state index is 16.3. The third-order valence-electron chi connectivity index (χ3n) is 16.1. The second kappa shape index (κ2) is 30.2. The number of nitrogens with one attached hydrogen (secondary N) is 5. The van der Waals surface area contributed by atoms with Crippen LogP contribution in [-0.2, 0) is 33.5 Å². The second-order valence-electron chi connectivity index (χ2n) is 24.3. The molecule has 15 atom stereocenters. The summed E-state index contributed by atoms with van der Waals surface area (Å²) in [6.07, 6.45) is -13.1. The molecule has 4 aromatic rings. The molecule has 0 aromatic heterocycles. The number of likely N-dealkylation sites (N-methyl/N-ethyl adjacent to an activating group) is 1. The second-order valence-corrected chi connectivity index (χ2v) is 24.3. The summed E-state index contributed by atoms with van der Waals surface area (Å²) < 4.78 is 28.5. The van der Waals surface area contributed by atoms with E-state index in [1.165, 1.54) is 31.2 Å². The molecule has 0 unspecified atom stereocenters. The van der Waals surface area contributed by atoms with Gasteiger partial charge in [-0.1, -0.05) is 81.3 Å². The van der Waals surface area contributed by atoms with Gasteiger partial charge in [0.1, 0.15) is 78.4 Å². The van der Waals surface area contributed by atoms with Crippen LogP contribution in [0.15, 0.2) is 91.0 Å². The third kappa shape index (κ3) is 17.4. The summed E-state index contributed by atoms with van der Waals surface area (Å²) >= 11 is 0.